The van der Waals surface area contributed by atoms with Crippen LogP contribution in [0.15, 0.2) is 30.3 Å². The van der Waals surface area contributed by atoms with Crippen LogP contribution in [0.3, 0.4) is 0 Å². The fraction of sp³-hybridized carbons (Fsp3) is 0.500. The third-order valence-electron chi connectivity index (χ3n) is 3.10. The number of carbonyl (C=O) groups is 1. The molecule has 1 amide bonds. The van der Waals surface area contributed by atoms with E-state index in [1.165, 1.54) is 0 Å². The number of aliphatic hydroxyl groups is 1. The highest BCUT2D eigenvalue weighted by Gasteiger charge is 2.27. The van der Waals surface area contributed by atoms with E-state index in [-0.39, 0.29) is 18.6 Å². The smallest absolute Gasteiger partial charge is 0.252 e. The molecule has 1 aromatic carbocycles. The summed E-state index contributed by atoms with van der Waals surface area (Å²) in [4.78, 5) is 13.9. The second-order valence-corrected chi connectivity index (χ2v) is 4.47. The van der Waals surface area contributed by atoms with Gasteiger partial charge in [-0.1, -0.05) is 30.3 Å². The van der Waals surface area contributed by atoms with Gasteiger partial charge in [-0.15, -0.1) is 0 Å². The van der Waals surface area contributed by atoms with E-state index in [0.717, 1.165) is 18.4 Å². The third-order valence-corrected chi connectivity index (χ3v) is 3.10. The SMILES string of the molecule is O=C(C1CCCO1)N(CCO)Cc1ccccc1. The van der Waals surface area contributed by atoms with Crippen molar-refractivity contribution >= 4 is 5.91 Å². The Bertz CT molecular complexity index is 374. The van der Waals surface area contributed by atoms with Gasteiger partial charge in [0.15, 0.2) is 0 Å². The maximum atomic E-state index is 12.2. The molecule has 18 heavy (non-hydrogen) atoms. The number of amides is 1. The lowest BCUT2D eigenvalue weighted by Gasteiger charge is -2.24. The molecule has 1 N–H and O–H groups in total. The van der Waals surface area contributed by atoms with Gasteiger partial charge in [0.2, 0.25) is 0 Å². The molecule has 1 heterocycles. The van der Waals surface area contributed by atoms with Crippen molar-refractivity contribution in [3.05, 3.63) is 35.9 Å². The van der Waals surface area contributed by atoms with Crippen molar-refractivity contribution in [2.75, 3.05) is 19.8 Å². The summed E-state index contributed by atoms with van der Waals surface area (Å²) in [5, 5.41) is 9.07. The summed E-state index contributed by atoms with van der Waals surface area (Å²) in [5.41, 5.74) is 1.07. The van der Waals surface area contributed by atoms with Crippen LogP contribution in [-0.4, -0.2) is 41.8 Å². The molecule has 0 aromatic heterocycles. The minimum Gasteiger partial charge on any atom is -0.395 e. The Balaban J connectivity index is 2.00. The van der Waals surface area contributed by atoms with Crippen LogP contribution < -0.4 is 0 Å². The summed E-state index contributed by atoms with van der Waals surface area (Å²) >= 11 is 0. The Morgan fingerprint density at radius 2 is 2.17 bits per heavy atom. The van der Waals surface area contributed by atoms with Gasteiger partial charge >= 0.3 is 0 Å². The minimum atomic E-state index is -0.319. The highest BCUT2D eigenvalue weighted by Crippen LogP contribution is 2.16. The largest absolute Gasteiger partial charge is 0.395 e. The molecule has 1 aromatic rings. The zero-order chi connectivity index (χ0) is 12.8. The molecule has 4 heteroatoms. The first kappa shape index (κ1) is 13.1. The molecule has 98 valence electrons. The van der Waals surface area contributed by atoms with Crippen LogP contribution in [0.4, 0.5) is 0 Å². The van der Waals surface area contributed by atoms with E-state index in [4.69, 9.17) is 9.84 Å². The lowest BCUT2D eigenvalue weighted by molar-refractivity contribution is -0.142. The summed E-state index contributed by atoms with van der Waals surface area (Å²) < 4.78 is 5.41. The van der Waals surface area contributed by atoms with Gasteiger partial charge in [-0.25, -0.2) is 0 Å². The number of carbonyl (C=O) groups excluding carboxylic acids is 1. The normalized spacial score (nSPS) is 18.8. The van der Waals surface area contributed by atoms with Crippen LogP contribution in [0, 0.1) is 0 Å². The van der Waals surface area contributed by atoms with Gasteiger partial charge in [-0.3, -0.25) is 4.79 Å². The first-order chi connectivity index (χ1) is 8.81. The zero-order valence-electron chi connectivity index (χ0n) is 10.4. The molecular formula is C14H19NO3. The van der Waals surface area contributed by atoms with Crippen molar-refractivity contribution in [2.24, 2.45) is 0 Å². The topological polar surface area (TPSA) is 49.8 Å². The van der Waals surface area contributed by atoms with E-state index in [0.29, 0.717) is 19.7 Å². The molecule has 1 atom stereocenters. The van der Waals surface area contributed by atoms with Crippen LogP contribution in [0.5, 0.6) is 0 Å². The maximum Gasteiger partial charge on any atom is 0.252 e. The van der Waals surface area contributed by atoms with Gasteiger partial charge in [0.25, 0.3) is 5.91 Å². The quantitative estimate of drug-likeness (QED) is 0.852. The molecular weight excluding hydrogens is 230 g/mol. The van der Waals surface area contributed by atoms with E-state index in [9.17, 15) is 4.79 Å². The van der Waals surface area contributed by atoms with Gasteiger partial charge in [-0.05, 0) is 18.4 Å². The Kier molecular flexibility index (Phi) is 4.73. The molecule has 0 spiro atoms. The molecule has 0 bridgehead atoms. The van der Waals surface area contributed by atoms with E-state index in [1.54, 1.807) is 4.90 Å². The number of aliphatic hydroxyl groups excluding tert-OH is 1. The van der Waals surface area contributed by atoms with Crippen molar-refractivity contribution in [1.82, 2.24) is 4.90 Å². The van der Waals surface area contributed by atoms with Crippen LogP contribution in [0.1, 0.15) is 18.4 Å². The van der Waals surface area contributed by atoms with Crippen LogP contribution in [0.2, 0.25) is 0 Å². The van der Waals surface area contributed by atoms with Crippen LogP contribution >= 0.6 is 0 Å². The van der Waals surface area contributed by atoms with E-state index < -0.39 is 0 Å². The number of hydrogen-bond donors (Lipinski definition) is 1. The molecule has 4 nitrogen and oxygen atoms in total. The number of ether oxygens (including phenoxy) is 1. The number of benzene rings is 1. The van der Waals surface area contributed by atoms with Crippen LogP contribution in [0.25, 0.3) is 0 Å². The lowest BCUT2D eigenvalue weighted by Crippen LogP contribution is -2.40. The molecule has 0 aliphatic carbocycles. The monoisotopic (exact) mass is 249 g/mol. The van der Waals surface area contributed by atoms with Gasteiger partial charge in [0.05, 0.1) is 6.61 Å². The highest BCUT2D eigenvalue weighted by atomic mass is 16.5. The molecule has 1 unspecified atom stereocenters. The molecule has 2 rings (SSSR count). The first-order valence-electron chi connectivity index (χ1n) is 6.36. The molecule has 0 saturated carbocycles. The number of hydrogen-bond acceptors (Lipinski definition) is 3. The van der Waals surface area contributed by atoms with Crippen molar-refractivity contribution in [1.29, 1.82) is 0 Å². The Morgan fingerprint density at radius 3 is 2.78 bits per heavy atom. The second-order valence-electron chi connectivity index (χ2n) is 4.47. The summed E-state index contributed by atoms with van der Waals surface area (Å²) in [6.45, 7) is 1.52. The first-order valence-corrected chi connectivity index (χ1v) is 6.36. The van der Waals surface area contributed by atoms with Crippen molar-refractivity contribution in [3.8, 4) is 0 Å². The molecule has 1 aliphatic rings. The van der Waals surface area contributed by atoms with Gasteiger partial charge in [0, 0.05) is 19.7 Å². The highest BCUT2D eigenvalue weighted by molar-refractivity contribution is 5.81. The Labute approximate surface area is 107 Å². The molecule has 1 aliphatic heterocycles. The average molecular weight is 249 g/mol. The standard InChI is InChI=1S/C14H19NO3/c16-9-8-15(11-12-5-2-1-3-6-12)14(17)13-7-4-10-18-13/h1-3,5-6,13,16H,4,7-11H2. The van der Waals surface area contributed by atoms with Crippen molar-refractivity contribution in [3.63, 3.8) is 0 Å². The number of rotatable bonds is 5. The molecule has 0 radical (unpaired) electrons. The minimum absolute atomic E-state index is 0.00889. The lowest BCUT2D eigenvalue weighted by atomic mass is 10.1. The summed E-state index contributed by atoms with van der Waals surface area (Å²) in [7, 11) is 0. The summed E-state index contributed by atoms with van der Waals surface area (Å²) in [5.74, 6) is -0.00889. The van der Waals surface area contributed by atoms with E-state index >= 15 is 0 Å². The zero-order valence-corrected chi connectivity index (χ0v) is 10.4. The second kappa shape index (κ2) is 6.52. The summed E-state index contributed by atoms with van der Waals surface area (Å²) in [6.07, 6.45) is 1.41. The van der Waals surface area contributed by atoms with E-state index in [1.807, 2.05) is 30.3 Å². The third kappa shape index (κ3) is 3.31. The molecule has 1 fully saturated rings. The van der Waals surface area contributed by atoms with Crippen molar-refractivity contribution < 1.29 is 14.6 Å². The maximum absolute atomic E-state index is 12.2. The fourth-order valence-corrected chi connectivity index (χ4v) is 2.17. The predicted molar refractivity (Wildman–Crippen MR) is 67.9 cm³/mol. The van der Waals surface area contributed by atoms with Crippen LogP contribution in [-0.2, 0) is 16.1 Å². The Morgan fingerprint density at radius 1 is 1.39 bits per heavy atom. The van der Waals surface area contributed by atoms with Gasteiger partial charge in [0.1, 0.15) is 6.10 Å². The van der Waals surface area contributed by atoms with Gasteiger partial charge in [-0.2, -0.15) is 0 Å². The van der Waals surface area contributed by atoms with Gasteiger partial charge < -0.3 is 14.7 Å². The Hall–Kier alpha value is -1.39. The molecule has 1 saturated heterocycles. The fourth-order valence-electron chi connectivity index (χ4n) is 2.17. The van der Waals surface area contributed by atoms with E-state index in [2.05, 4.69) is 0 Å². The summed E-state index contributed by atoms with van der Waals surface area (Å²) in [6, 6.07) is 9.80. The average Bonchev–Trinajstić information content (AvgIpc) is 2.92. The number of nitrogens with zero attached hydrogens (tertiary/aromatic N) is 1. The van der Waals surface area contributed by atoms with Crippen molar-refractivity contribution in [2.45, 2.75) is 25.5 Å². The predicted octanol–water partition coefficient (Wildman–Crippen LogP) is 1.19.